The van der Waals surface area contributed by atoms with Crippen molar-refractivity contribution in [3.05, 3.63) is 65.7 Å². The molecule has 1 unspecified atom stereocenters. The molecule has 2 fully saturated rings. The zero-order valence-corrected chi connectivity index (χ0v) is 18.3. The molecule has 1 atom stereocenters. The summed E-state index contributed by atoms with van der Waals surface area (Å²) in [5.74, 6) is 1.40. The smallest absolute Gasteiger partial charge is 0.247 e. The number of imide groups is 1. The Labute approximate surface area is 185 Å². The molecule has 164 valence electrons. The Balaban J connectivity index is 1.24. The minimum Gasteiger partial charge on any atom is -0.497 e. The molecule has 0 N–H and O–H groups in total. The van der Waals surface area contributed by atoms with E-state index in [9.17, 15) is 9.59 Å². The van der Waals surface area contributed by atoms with Gasteiger partial charge in [-0.3, -0.25) is 19.4 Å². The maximum Gasteiger partial charge on any atom is 0.247 e. The van der Waals surface area contributed by atoms with Crippen LogP contribution in [0.15, 0.2) is 54.6 Å². The summed E-state index contributed by atoms with van der Waals surface area (Å²) in [4.78, 5) is 29.2. The molecule has 2 aromatic carbocycles. The number of hydrogen-bond acceptors (Lipinski definition) is 4. The van der Waals surface area contributed by atoms with Gasteiger partial charge in [-0.25, -0.2) is 0 Å². The molecule has 0 spiro atoms. The molecule has 0 aromatic heterocycles. The fourth-order valence-electron chi connectivity index (χ4n) is 4.82. The average Bonchev–Trinajstić information content (AvgIpc) is 3.09. The van der Waals surface area contributed by atoms with Crippen molar-refractivity contribution in [1.82, 2.24) is 9.80 Å². The van der Waals surface area contributed by atoms with Crippen LogP contribution in [0.5, 0.6) is 5.75 Å². The van der Waals surface area contributed by atoms with Crippen LogP contribution in [0.1, 0.15) is 43.2 Å². The van der Waals surface area contributed by atoms with Gasteiger partial charge in [0.2, 0.25) is 11.8 Å². The molecule has 5 nitrogen and oxygen atoms in total. The molecule has 31 heavy (non-hydrogen) atoms. The van der Waals surface area contributed by atoms with E-state index in [1.165, 1.54) is 23.3 Å². The predicted octanol–water partition coefficient (Wildman–Crippen LogP) is 4.06. The van der Waals surface area contributed by atoms with Crippen molar-refractivity contribution in [3.8, 4) is 5.75 Å². The van der Waals surface area contributed by atoms with E-state index in [1.54, 1.807) is 7.11 Å². The van der Waals surface area contributed by atoms with Crippen molar-refractivity contribution in [3.63, 3.8) is 0 Å². The number of carbonyl (C=O) groups is 2. The Hall–Kier alpha value is -2.66. The van der Waals surface area contributed by atoms with Crippen LogP contribution in [-0.4, -0.2) is 47.9 Å². The molecule has 2 aliphatic heterocycles. The second-order valence-electron chi connectivity index (χ2n) is 8.74. The van der Waals surface area contributed by atoms with E-state index >= 15 is 0 Å². The van der Waals surface area contributed by atoms with Crippen LogP contribution in [0, 0.1) is 5.92 Å². The first kappa shape index (κ1) is 21.6. The van der Waals surface area contributed by atoms with Gasteiger partial charge >= 0.3 is 0 Å². The van der Waals surface area contributed by atoms with Gasteiger partial charge in [0.15, 0.2) is 0 Å². The van der Waals surface area contributed by atoms with Gasteiger partial charge in [-0.05, 0) is 68.0 Å². The summed E-state index contributed by atoms with van der Waals surface area (Å²) < 4.78 is 5.18. The number of rotatable bonds is 8. The summed E-state index contributed by atoms with van der Waals surface area (Å²) in [6.07, 6.45) is 6.14. The highest BCUT2D eigenvalue weighted by Gasteiger charge is 2.42. The van der Waals surface area contributed by atoms with Gasteiger partial charge in [0, 0.05) is 0 Å². The van der Waals surface area contributed by atoms with Crippen LogP contribution in [0.4, 0.5) is 0 Å². The van der Waals surface area contributed by atoms with Crippen LogP contribution in [0.25, 0.3) is 0 Å². The highest BCUT2D eigenvalue weighted by Crippen LogP contribution is 2.28. The number of amides is 2. The van der Waals surface area contributed by atoms with Gasteiger partial charge in [0.1, 0.15) is 5.75 Å². The van der Waals surface area contributed by atoms with Crippen LogP contribution < -0.4 is 4.74 Å². The standard InChI is InChI=1S/C26H32N2O3/c1-31-23-12-10-22(11-13-23)19-28-25(29)18-24(26(28)30)27-16-14-21(15-17-27)9-5-8-20-6-3-2-4-7-20/h2-4,6-7,10-13,21,24H,5,8-9,14-19H2,1H3. The largest absolute Gasteiger partial charge is 0.497 e. The molecule has 5 heteroatoms. The molecule has 2 saturated heterocycles. The molecule has 2 aromatic rings. The number of carbonyl (C=O) groups excluding carboxylic acids is 2. The lowest BCUT2D eigenvalue weighted by Crippen LogP contribution is -2.45. The topological polar surface area (TPSA) is 49.9 Å². The number of ether oxygens (including phenoxy) is 1. The van der Waals surface area contributed by atoms with Gasteiger partial charge in [-0.1, -0.05) is 48.9 Å². The second-order valence-corrected chi connectivity index (χ2v) is 8.74. The lowest BCUT2D eigenvalue weighted by Gasteiger charge is -2.34. The third kappa shape index (κ3) is 5.34. The summed E-state index contributed by atoms with van der Waals surface area (Å²) in [5.41, 5.74) is 2.35. The van der Waals surface area contributed by atoms with Crippen molar-refractivity contribution >= 4 is 11.8 Å². The van der Waals surface area contributed by atoms with E-state index in [4.69, 9.17) is 4.74 Å². The number of likely N-dealkylation sites (tertiary alicyclic amines) is 2. The normalized spacial score (nSPS) is 20.4. The van der Waals surface area contributed by atoms with E-state index in [1.807, 2.05) is 24.3 Å². The molecular formula is C26H32N2O3. The molecule has 4 rings (SSSR count). The molecule has 2 heterocycles. The third-order valence-electron chi connectivity index (χ3n) is 6.73. The van der Waals surface area contributed by atoms with E-state index in [-0.39, 0.29) is 17.9 Å². The lowest BCUT2D eigenvalue weighted by molar-refractivity contribution is -0.140. The summed E-state index contributed by atoms with van der Waals surface area (Å²) in [6.45, 7) is 2.17. The number of benzene rings is 2. The predicted molar refractivity (Wildman–Crippen MR) is 121 cm³/mol. The number of hydrogen-bond donors (Lipinski definition) is 0. The fraction of sp³-hybridized carbons (Fsp3) is 0.462. The quantitative estimate of drug-likeness (QED) is 0.605. The summed E-state index contributed by atoms with van der Waals surface area (Å²) in [7, 11) is 1.62. The van der Waals surface area contributed by atoms with Gasteiger partial charge in [-0.15, -0.1) is 0 Å². The zero-order chi connectivity index (χ0) is 21.6. The van der Waals surface area contributed by atoms with Gasteiger partial charge in [-0.2, -0.15) is 0 Å². The molecule has 2 amide bonds. The van der Waals surface area contributed by atoms with Crippen molar-refractivity contribution < 1.29 is 14.3 Å². The highest BCUT2D eigenvalue weighted by molar-refractivity contribution is 6.05. The SMILES string of the molecule is COc1ccc(CN2C(=O)CC(N3CCC(CCCc4ccccc4)CC3)C2=O)cc1. The van der Waals surface area contributed by atoms with E-state index in [2.05, 4.69) is 35.2 Å². The summed E-state index contributed by atoms with van der Waals surface area (Å²) >= 11 is 0. The van der Waals surface area contributed by atoms with Crippen molar-refractivity contribution in [1.29, 1.82) is 0 Å². The lowest BCUT2D eigenvalue weighted by atomic mass is 9.90. The van der Waals surface area contributed by atoms with Gasteiger partial charge in [0.05, 0.1) is 26.1 Å². The Kier molecular flexibility index (Phi) is 7.03. The van der Waals surface area contributed by atoms with Crippen LogP contribution >= 0.6 is 0 Å². The Morgan fingerprint density at radius 1 is 0.935 bits per heavy atom. The van der Waals surface area contributed by atoms with E-state index in [0.29, 0.717) is 13.0 Å². The molecule has 0 bridgehead atoms. The van der Waals surface area contributed by atoms with Gasteiger partial charge < -0.3 is 4.74 Å². The minimum absolute atomic E-state index is 0.0386. The molecule has 0 saturated carbocycles. The molecular weight excluding hydrogens is 388 g/mol. The van der Waals surface area contributed by atoms with Crippen molar-refractivity contribution in [2.45, 2.75) is 51.1 Å². The third-order valence-corrected chi connectivity index (χ3v) is 6.73. The Morgan fingerprint density at radius 3 is 2.32 bits per heavy atom. The first-order valence-electron chi connectivity index (χ1n) is 11.4. The maximum atomic E-state index is 13.0. The maximum absolute atomic E-state index is 13.0. The molecule has 0 radical (unpaired) electrons. The van der Waals surface area contributed by atoms with Crippen LogP contribution in [0.3, 0.4) is 0 Å². The van der Waals surface area contributed by atoms with E-state index in [0.717, 1.165) is 49.6 Å². The van der Waals surface area contributed by atoms with Crippen LogP contribution in [0.2, 0.25) is 0 Å². The van der Waals surface area contributed by atoms with E-state index < -0.39 is 0 Å². The van der Waals surface area contributed by atoms with Crippen molar-refractivity contribution in [2.24, 2.45) is 5.92 Å². The fourth-order valence-corrected chi connectivity index (χ4v) is 4.82. The monoisotopic (exact) mass is 420 g/mol. The van der Waals surface area contributed by atoms with Crippen LogP contribution in [-0.2, 0) is 22.6 Å². The minimum atomic E-state index is -0.281. The zero-order valence-electron chi connectivity index (χ0n) is 18.3. The average molecular weight is 421 g/mol. The Bertz CT molecular complexity index is 873. The van der Waals surface area contributed by atoms with Gasteiger partial charge in [0.25, 0.3) is 0 Å². The number of aryl methyl sites for hydroxylation is 1. The highest BCUT2D eigenvalue weighted by atomic mass is 16.5. The summed E-state index contributed by atoms with van der Waals surface area (Å²) in [6, 6.07) is 17.9. The second kappa shape index (κ2) is 10.1. The number of nitrogens with zero attached hydrogens (tertiary/aromatic N) is 2. The number of methoxy groups -OCH3 is 1. The molecule has 2 aliphatic rings. The Morgan fingerprint density at radius 2 is 1.65 bits per heavy atom. The summed E-state index contributed by atoms with van der Waals surface area (Å²) in [5, 5.41) is 0. The van der Waals surface area contributed by atoms with Crippen molar-refractivity contribution in [2.75, 3.05) is 20.2 Å². The first-order chi connectivity index (χ1) is 15.1. The molecule has 0 aliphatic carbocycles. The number of piperidine rings is 1. The first-order valence-corrected chi connectivity index (χ1v) is 11.4.